The maximum Gasteiger partial charge on any atom is 0.122 e. The molecule has 3 nitrogen and oxygen atoms in total. The molecule has 2 unspecified atom stereocenters. The highest BCUT2D eigenvalue weighted by molar-refractivity contribution is 5.34. The van der Waals surface area contributed by atoms with Gasteiger partial charge in [0.2, 0.25) is 0 Å². The Morgan fingerprint density at radius 1 is 1.04 bits per heavy atom. The van der Waals surface area contributed by atoms with E-state index in [1.165, 1.54) is 11.1 Å². The number of hydrogen-bond donors (Lipinski definition) is 1. The summed E-state index contributed by atoms with van der Waals surface area (Å²) in [6.07, 6.45) is 3.65. The van der Waals surface area contributed by atoms with E-state index in [1.54, 1.807) is 0 Å². The van der Waals surface area contributed by atoms with Gasteiger partial charge >= 0.3 is 0 Å². The van der Waals surface area contributed by atoms with E-state index in [0.717, 1.165) is 38.0 Å². The minimum absolute atomic E-state index is 0.182. The number of likely N-dealkylation sites (N-methyl/N-ethyl adjacent to an activating group) is 1. The lowest BCUT2D eigenvalue weighted by molar-refractivity contribution is 0.182. The van der Waals surface area contributed by atoms with Crippen LogP contribution in [0.25, 0.3) is 0 Å². The Bertz CT molecular complexity index is 629. The summed E-state index contributed by atoms with van der Waals surface area (Å²) >= 11 is 0. The molecule has 24 heavy (non-hydrogen) atoms. The Kier molecular flexibility index (Phi) is 5.89. The van der Waals surface area contributed by atoms with Gasteiger partial charge in [0.05, 0.1) is 12.7 Å². The zero-order valence-corrected chi connectivity index (χ0v) is 14.4. The SMILES string of the molecule is CN1CC(O)CC1CCOc1ccccc1CCc1ccccc1. The number of rotatable bonds is 7. The first-order valence-electron chi connectivity index (χ1n) is 8.85. The molecule has 0 aromatic heterocycles. The number of aliphatic hydroxyl groups is 1. The number of aliphatic hydroxyl groups excluding tert-OH is 1. The molecule has 0 bridgehead atoms. The second kappa shape index (κ2) is 8.32. The van der Waals surface area contributed by atoms with Crippen molar-refractivity contribution in [3.05, 3.63) is 65.7 Å². The lowest BCUT2D eigenvalue weighted by Gasteiger charge is -2.19. The van der Waals surface area contributed by atoms with Gasteiger partial charge in [-0.25, -0.2) is 0 Å². The van der Waals surface area contributed by atoms with Gasteiger partial charge in [0.25, 0.3) is 0 Å². The number of aryl methyl sites for hydroxylation is 2. The van der Waals surface area contributed by atoms with Crippen molar-refractivity contribution in [1.82, 2.24) is 4.90 Å². The van der Waals surface area contributed by atoms with Crippen LogP contribution in [0.1, 0.15) is 24.0 Å². The van der Waals surface area contributed by atoms with Crippen molar-refractivity contribution >= 4 is 0 Å². The molecular weight excluding hydrogens is 298 g/mol. The summed E-state index contributed by atoms with van der Waals surface area (Å²) in [5, 5.41) is 9.73. The number of likely N-dealkylation sites (tertiary alicyclic amines) is 1. The van der Waals surface area contributed by atoms with Crippen molar-refractivity contribution < 1.29 is 9.84 Å². The van der Waals surface area contributed by atoms with E-state index in [1.807, 2.05) is 6.07 Å². The predicted octanol–water partition coefficient (Wildman–Crippen LogP) is 3.31. The van der Waals surface area contributed by atoms with E-state index < -0.39 is 0 Å². The Morgan fingerprint density at radius 3 is 2.54 bits per heavy atom. The van der Waals surface area contributed by atoms with Crippen LogP contribution in [0.2, 0.25) is 0 Å². The van der Waals surface area contributed by atoms with E-state index in [4.69, 9.17) is 4.74 Å². The van der Waals surface area contributed by atoms with Gasteiger partial charge in [-0.15, -0.1) is 0 Å². The Hall–Kier alpha value is -1.84. The van der Waals surface area contributed by atoms with Gasteiger partial charge in [0, 0.05) is 12.6 Å². The molecule has 0 radical (unpaired) electrons. The molecule has 1 saturated heterocycles. The van der Waals surface area contributed by atoms with Gasteiger partial charge < -0.3 is 14.7 Å². The average molecular weight is 325 g/mol. The summed E-state index contributed by atoms with van der Waals surface area (Å²) < 4.78 is 6.06. The second-order valence-electron chi connectivity index (χ2n) is 6.71. The highest BCUT2D eigenvalue weighted by atomic mass is 16.5. The molecule has 1 N–H and O–H groups in total. The molecule has 0 spiro atoms. The highest BCUT2D eigenvalue weighted by Crippen LogP contribution is 2.22. The highest BCUT2D eigenvalue weighted by Gasteiger charge is 2.27. The Morgan fingerprint density at radius 2 is 1.79 bits per heavy atom. The number of ether oxygens (including phenoxy) is 1. The van der Waals surface area contributed by atoms with Gasteiger partial charge in [-0.05, 0) is 49.9 Å². The molecule has 0 saturated carbocycles. The zero-order chi connectivity index (χ0) is 16.8. The quantitative estimate of drug-likeness (QED) is 0.848. The normalized spacial score (nSPS) is 21.1. The van der Waals surface area contributed by atoms with Crippen molar-refractivity contribution in [2.45, 2.75) is 37.8 Å². The van der Waals surface area contributed by atoms with Crippen LogP contribution < -0.4 is 4.74 Å². The smallest absolute Gasteiger partial charge is 0.122 e. The molecule has 128 valence electrons. The van der Waals surface area contributed by atoms with Crippen LogP contribution in [-0.4, -0.2) is 42.4 Å². The largest absolute Gasteiger partial charge is 0.493 e. The van der Waals surface area contributed by atoms with Crippen LogP contribution in [0.15, 0.2) is 54.6 Å². The third kappa shape index (κ3) is 4.59. The summed E-state index contributed by atoms with van der Waals surface area (Å²) in [5.74, 6) is 0.995. The number of nitrogens with zero attached hydrogens (tertiary/aromatic N) is 1. The van der Waals surface area contributed by atoms with E-state index in [2.05, 4.69) is 60.5 Å². The van der Waals surface area contributed by atoms with Crippen LogP contribution in [0.4, 0.5) is 0 Å². The Balaban J connectivity index is 1.52. The molecule has 1 heterocycles. The second-order valence-corrected chi connectivity index (χ2v) is 6.71. The van der Waals surface area contributed by atoms with Gasteiger partial charge in [0.15, 0.2) is 0 Å². The first kappa shape index (κ1) is 17.0. The van der Waals surface area contributed by atoms with E-state index in [-0.39, 0.29) is 6.10 Å². The minimum atomic E-state index is -0.182. The maximum absolute atomic E-state index is 9.73. The molecule has 1 aliphatic heterocycles. The van der Waals surface area contributed by atoms with E-state index in [0.29, 0.717) is 12.6 Å². The molecule has 1 aliphatic rings. The van der Waals surface area contributed by atoms with Gasteiger partial charge in [-0.3, -0.25) is 0 Å². The molecule has 2 aromatic carbocycles. The maximum atomic E-state index is 9.73. The summed E-state index contributed by atoms with van der Waals surface area (Å²) in [6.45, 7) is 1.47. The van der Waals surface area contributed by atoms with Crippen LogP contribution >= 0.6 is 0 Å². The fourth-order valence-corrected chi connectivity index (χ4v) is 3.47. The summed E-state index contributed by atoms with van der Waals surface area (Å²) in [4.78, 5) is 2.23. The molecule has 1 fully saturated rings. The number of β-amino-alcohol motifs (C(OH)–C–C–N with tert-alkyl or cyclic N) is 1. The van der Waals surface area contributed by atoms with Crippen LogP contribution in [0.5, 0.6) is 5.75 Å². The number of hydrogen-bond acceptors (Lipinski definition) is 3. The first-order valence-corrected chi connectivity index (χ1v) is 8.85. The first-order chi connectivity index (χ1) is 11.7. The van der Waals surface area contributed by atoms with Gasteiger partial charge in [-0.1, -0.05) is 48.5 Å². The topological polar surface area (TPSA) is 32.7 Å². The third-order valence-electron chi connectivity index (χ3n) is 4.87. The van der Waals surface area contributed by atoms with Crippen LogP contribution in [0.3, 0.4) is 0 Å². The standard InChI is InChI=1S/C21H27NO2/c1-22-16-20(23)15-19(22)13-14-24-21-10-6-5-9-18(21)12-11-17-7-3-2-4-8-17/h2-10,19-20,23H,11-16H2,1H3. The lowest BCUT2D eigenvalue weighted by Crippen LogP contribution is -2.26. The fourth-order valence-electron chi connectivity index (χ4n) is 3.47. The van der Waals surface area contributed by atoms with E-state index in [9.17, 15) is 5.11 Å². The zero-order valence-electron chi connectivity index (χ0n) is 14.4. The van der Waals surface area contributed by atoms with Gasteiger partial charge in [-0.2, -0.15) is 0 Å². The van der Waals surface area contributed by atoms with Crippen molar-refractivity contribution in [3.63, 3.8) is 0 Å². The summed E-state index contributed by atoms with van der Waals surface area (Å²) in [6, 6.07) is 19.3. The molecular formula is C21H27NO2. The van der Waals surface area contributed by atoms with Crippen molar-refractivity contribution in [2.75, 3.05) is 20.2 Å². The predicted molar refractivity (Wildman–Crippen MR) is 97.4 cm³/mol. The molecule has 2 aromatic rings. The molecule has 2 atom stereocenters. The molecule has 3 heteroatoms. The summed E-state index contributed by atoms with van der Waals surface area (Å²) in [5.41, 5.74) is 2.62. The lowest BCUT2D eigenvalue weighted by atomic mass is 10.0. The average Bonchev–Trinajstić information content (AvgIpc) is 2.92. The van der Waals surface area contributed by atoms with Gasteiger partial charge in [0.1, 0.15) is 5.75 Å². The third-order valence-corrected chi connectivity index (χ3v) is 4.87. The van der Waals surface area contributed by atoms with E-state index >= 15 is 0 Å². The Labute approximate surface area is 144 Å². The molecule has 3 rings (SSSR count). The van der Waals surface area contributed by atoms with Crippen molar-refractivity contribution in [1.29, 1.82) is 0 Å². The number of benzene rings is 2. The van der Waals surface area contributed by atoms with Crippen LogP contribution in [-0.2, 0) is 12.8 Å². The fraction of sp³-hybridized carbons (Fsp3) is 0.429. The van der Waals surface area contributed by atoms with Crippen molar-refractivity contribution in [2.24, 2.45) is 0 Å². The van der Waals surface area contributed by atoms with Crippen molar-refractivity contribution in [3.8, 4) is 5.75 Å². The monoisotopic (exact) mass is 325 g/mol. The molecule has 0 amide bonds. The minimum Gasteiger partial charge on any atom is -0.493 e. The molecule has 0 aliphatic carbocycles. The summed E-state index contributed by atoms with van der Waals surface area (Å²) in [7, 11) is 2.08. The van der Waals surface area contributed by atoms with Crippen LogP contribution in [0, 0.1) is 0 Å². The number of para-hydroxylation sites is 1.